The molecule has 1 aliphatic rings. The Labute approximate surface area is 190 Å². The Hall–Kier alpha value is -4.19. The molecule has 1 amide bonds. The Balaban J connectivity index is 1.43. The molecule has 33 heavy (non-hydrogen) atoms. The van der Waals surface area contributed by atoms with Gasteiger partial charge in [-0.25, -0.2) is 9.78 Å². The average molecular weight is 438 g/mol. The predicted molar refractivity (Wildman–Crippen MR) is 127 cm³/mol. The zero-order chi connectivity index (χ0) is 22.8. The van der Waals surface area contributed by atoms with Crippen molar-refractivity contribution in [1.29, 1.82) is 0 Å². The maximum atomic E-state index is 13.2. The first-order valence-electron chi connectivity index (χ1n) is 10.8. The fourth-order valence-electron chi connectivity index (χ4n) is 4.16. The molecule has 0 atom stereocenters. The molecule has 1 aliphatic carbocycles. The third-order valence-corrected chi connectivity index (χ3v) is 5.76. The van der Waals surface area contributed by atoms with E-state index >= 15 is 0 Å². The second kappa shape index (κ2) is 8.74. The molecular weight excluding hydrogens is 416 g/mol. The minimum atomic E-state index is -0.524. The number of esters is 1. The SMILES string of the molecule is Cc1ccccc1NC(=O)COC(=O)c1c2c(nc3ccccc13)/C(=C/c1ccco1)CC2. The van der Waals surface area contributed by atoms with Gasteiger partial charge in [-0.2, -0.15) is 0 Å². The number of hydrogen-bond acceptors (Lipinski definition) is 5. The molecule has 2 aromatic heterocycles. The first-order valence-corrected chi connectivity index (χ1v) is 10.8. The molecule has 0 saturated heterocycles. The molecule has 0 saturated carbocycles. The van der Waals surface area contributed by atoms with Gasteiger partial charge in [-0.15, -0.1) is 0 Å². The van der Waals surface area contributed by atoms with Crippen molar-refractivity contribution in [2.24, 2.45) is 0 Å². The molecule has 4 aromatic rings. The number of aryl methyl sites for hydroxylation is 1. The van der Waals surface area contributed by atoms with Crippen LogP contribution in [-0.4, -0.2) is 23.5 Å². The van der Waals surface area contributed by atoms with E-state index < -0.39 is 5.97 Å². The highest BCUT2D eigenvalue weighted by atomic mass is 16.5. The summed E-state index contributed by atoms with van der Waals surface area (Å²) in [5, 5.41) is 3.51. The number of anilines is 1. The summed E-state index contributed by atoms with van der Waals surface area (Å²) in [6.45, 7) is 1.54. The van der Waals surface area contributed by atoms with Gasteiger partial charge in [-0.1, -0.05) is 36.4 Å². The summed E-state index contributed by atoms with van der Waals surface area (Å²) < 4.78 is 10.9. The van der Waals surface area contributed by atoms with Crippen LogP contribution in [0, 0.1) is 6.92 Å². The van der Waals surface area contributed by atoms with Gasteiger partial charge in [0.25, 0.3) is 5.91 Å². The van der Waals surface area contributed by atoms with Crippen LogP contribution in [0.4, 0.5) is 5.69 Å². The van der Waals surface area contributed by atoms with Crippen molar-refractivity contribution < 1.29 is 18.7 Å². The zero-order valence-electron chi connectivity index (χ0n) is 18.1. The van der Waals surface area contributed by atoms with Crippen LogP contribution >= 0.6 is 0 Å². The number of furan rings is 1. The first kappa shape index (κ1) is 20.7. The molecule has 0 radical (unpaired) electrons. The minimum absolute atomic E-state index is 0.367. The number of para-hydroxylation sites is 2. The van der Waals surface area contributed by atoms with E-state index in [0.29, 0.717) is 23.2 Å². The molecule has 2 heterocycles. The molecule has 0 bridgehead atoms. The van der Waals surface area contributed by atoms with Crippen LogP contribution in [0.3, 0.4) is 0 Å². The molecule has 0 spiro atoms. The Kier molecular flexibility index (Phi) is 5.48. The van der Waals surface area contributed by atoms with Gasteiger partial charge in [0.05, 0.1) is 23.0 Å². The number of ether oxygens (including phenoxy) is 1. The number of hydrogen-bond donors (Lipinski definition) is 1. The van der Waals surface area contributed by atoms with Crippen LogP contribution in [0.25, 0.3) is 22.6 Å². The number of benzene rings is 2. The van der Waals surface area contributed by atoms with E-state index in [1.807, 2.05) is 73.7 Å². The predicted octanol–water partition coefficient (Wildman–Crippen LogP) is 5.42. The lowest BCUT2D eigenvalue weighted by atomic mass is 10.0. The molecule has 0 unspecified atom stereocenters. The van der Waals surface area contributed by atoms with Gasteiger partial charge < -0.3 is 14.5 Å². The number of nitrogens with one attached hydrogen (secondary N) is 1. The van der Waals surface area contributed by atoms with Crippen molar-refractivity contribution >= 4 is 40.1 Å². The lowest BCUT2D eigenvalue weighted by molar-refractivity contribution is -0.119. The van der Waals surface area contributed by atoms with Crippen molar-refractivity contribution in [3.05, 3.63) is 95.1 Å². The van der Waals surface area contributed by atoms with Crippen molar-refractivity contribution in [3.8, 4) is 0 Å². The highest BCUT2D eigenvalue weighted by molar-refractivity contribution is 6.08. The number of allylic oxidation sites excluding steroid dienone is 1. The first-order chi connectivity index (χ1) is 16.1. The average Bonchev–Trinajstić information content (AvgIpc) is 3.48. The van der Waals surface area contributed by atoms with Crippen LogP contribution < -0.4 is 5.32 Å². The number of rotatable bonds is 5. The van der Waals surface area contributed by atoms with Crippen LogP contribution in [0.1, 0.15) is 39.4 Å². The molecule has 6 nitrogen and oxygen atoms in total. The normalized spacial score (nSPS) is 13.8. The Bertz CT molecular complexity index is 1390. The van der Waals surface area contributed by atoms with E-state index in [2.05, 4.69) is 5.32 Å². The Morgan fingerprint density at radius 3 is 2.70 bits per heavy atom. The second-order valence-corrected chi connectivity index (χ2v) is 7.96. The number of carbonyl (C=O) groups excluding carboxylic acids is 2. The van der Waals surface area contributed by atoms with Crippen molar-refractivity contribution in [3.63, 3.8) is 0 Å². The molecule has 5 rings (SSSR count). The summed E-state index contributed by atoms with van der Waals surface area (Å²) in [4.78, 5) is 30.4. The van der Waals surface area contributed by atoms with E-state index in [-0.39, 0.29) is 12.5 Å². The summed E-state index contributed by atoms with van der Waals surface area (Å²) in [7, 11) is 0. The molecule has 0 aliphatic heterocycles. The molecule has 6 heteroatoms. The van der Waals surface area contributed by atoms with Gasteiger partial charge in [0.2, 0.25) is 0 Å². The van der Waals surface area contributed by atoms with Crippen LogP contribution in [0.5, 0.6) is 0 Å². The molecule has 1 N–H and O–H groups in total. The highest BCUT2D eigenvalue weighted by Crippen LogP contribution is 2.37. The smallest absolute Gasteiger partial charge is 0.339 e. The fraction of sp³-hybridized carbons (Fsp3) is 0.148. The Morgan fingerprint density at radius 1 is 1.06 bits per heavy atom. The fourth-order valence-corrected chi connectivity index (χ4v) is 4.16. The monoisotopic (exact) mass is 438 g/mol. The lowest BCUT2D eigenvalue weighted by Crippen LogP contribution is -2.22. The standard InChI is InChI=1S/C27H22N2O4/c1-17-7-2-4-10-22(17)28-24(30)16-33-27(31)25-20-9-3-5-11-23(20)29-26-18(12-13-21(25)26)15-19-8-6-14-32-19/h2-11,14-15H,12-13,16H2,1H3,(H,28,30)/b18-15+. The zero-order valence-corrected chi connectivity index (χ0v) is 18.1. The van der Waals surface area contributed by atoms with Gasteiger partial charge in [0.1, 0.15) is 5.76 Å². The van der Waals surface area contributed by atoms with Gasteiger partial charge >= 0.3 is 5.97 Å². The van der Waals surface area contributed by atoms with Gasteiger partial charge in [0, 0.05) is 11.1 Å². The molecule has 0 fully saturated rings. The summed E-state index contributed by atoms with van der Waals surface area (Å²) in [6.07, 6.45) is 4.99. The van der Waals surface area contributed by atoms with E-state index in [4.69, 9.17) is 14.1 Å². The number of fused-ring (bicyclic) bond motifs is 2. The summed E-state index contributed by atoms with van der Waals surface area (Å²) in [5.41, 5.74) is 5.45. The quantitative estimate of drug-likeness (QED) is 0.421. The largest absolute Gasteiger partial charge is 0.465 e. The topological polar surface area (TPSA) is 81.4 Å². The van der Waals surface area contributed by atoms with E-state index in [9.17, 15) is 9.59 Å². The summed E-state index contributed by atoms with van der Waals surface area (Å²) >= 11 is 0. The molecule has 2 aromatic carbocycles. The van der Waals surface area contributed by atoms with Gasteiger partial charge in [-0.3, -0.25) is 4.79 Å². The Morgan fingerprint density at radius 2 is 1.88 bits per heavy atom. The number of aromatic nitrogens is 1. The van der Waals surface area contributed by atoms with E-state index in [1.165, 1.54) is 0 Å². The van der Waals surface area contributed by atoms with Crippen LogP contribution in [0.15, 0.2) is 71.3 Å². The maximum absolute atomic E-state index is 13.2. The van der Waals surface area contributed by atoms with E-state index in [1.54, 1.807) is 6.26 Å². The van der Waals surface area contributed by atoms with Crippen LogP contribution in [0.2, 0.25) is 0 Å². The van der Waals surface area contributed by atoms with Crippen molar-refractivity contribution in [2.75, 3.05) is 11.9 Å². The minimum Gasteiger partial charge on any atom is -0.465 e. The molecular formula is C27H22N2O4. The number of pyridine rings is 1. The van der Waals surface area contributed by atoms with E-state index in [0.717, 1.165) is 40.0 Å². The van der Waals surface area contributed by atoms with Crippen molar-refractivity contribution in [2.45, 2.75) is 19.8 Å². The van der Waals surface area contributed by atoms with Gasteiger partial charge in [0.15, 0.2) is 6.61 Å². The van der Waals surface area contributed by atoms with Crippen LogP contribution in [-0.2, 0) is 16.0 Å². The summed E-state index contributed by atoms with van der Waals surface area (Å²) in [6, 6.07) is 18.7. The number of carbonyl (C=O) groups is 2. The summed E-state index contributed by atoms with van der Waals surface area (Å²) in [5.74, 6) is -0.167. The lowest BCUT2D eigenvalue weighted by Gasteiger charge is -2.13. The third-order valence-electron chi connectivity index (χ3n) is 5.76. The number of amides is 1. The maximum Gasteiger partial charge on any atom is 0.339 e. The third kappa shape index (κ3) is 4.15. The van der Waals surface area contributed by atoms with Crippen molar-refractivity contribution in [1.82, 2.24) is 4.98 Å². The second-order valence-electron chi connectivity index (χ2n) is 7.96. The number of nitrogens with zero attached hydrogens (tertiary/aromatic N) is 1. The van der Waals surface area contributed by atoms with Gasteiger partial charge in [-0.05, 0) is 66.8 Å². The molecule has 164 valence electrons. The highest BCUT2D eigenvalue weighted by Gasteiger charge is 2.28.